The maximum Gasteiger partial charge on any atom is 0.225 e. The molecule has 0 N–H and O–H groups in total. The summed E-state index contributed by atoms with van der Waals surface area (Å²) in [6.45, 7) is 10.2. The summed E-state index contributed by atoms with van der Waals surface area (Å²) in [5.41, 5.74) is 1.01. The highest BCUT2D eigenvalue weighted by atomic mass is 19.1. The Morgan fingerprint density at radius 2 is 1.77 bits per heavy atom. The van der Waals surface area contributed by atoms with Gasteiger partial charge in [0.2, 0.25) is 5.91 Å². The van der Waals surface area contributed by atoms with Crippen molar-refractivity contribution in [2.24, 2.45) is 5.92 Å². The lowest BCUT2D eigenvalue weighted by atomic mass is 9.98. The Morgan fingerprint density at radius 3 is 2.31 bits per heavy atom. The van der Waals surface area contributed by atoms with Crippen molar-refractivity contribution in [3.05, 3.63) is 35.6 Å². The molecule has 1 heterocycles. The summed E-state index contributed by atoms with van der Waals surface area (Å²) in [4.78, 5) is 19.7. The van der Waals surface area contributed by atoms with Gasteiger partial charge in [0.1, 0.15) is 5.82 Å². The lowest BCUT2D eigenvalue weighted by Crippen LogP contribution is -2.59. The van der Waals surface area contributed by atoms with Crippen molar-refractivity contribution in [1.82, 2.24) is 14.7 Å². The van der Waals surface area contributed by atoms with Crippen LogP contribution in [0.5, 0.6) is 0 Å². The fourth-order valence-corrected chi connectivity index (χ4v) is 3.92. The van der Waals surface area contributed by atoms with Crippen molar-refractivity contribution in [3.8, 4) is 0 Å². The highest BCUT2D eigenvalue weighted by Crippen LogP contribution is 2.20. The normalized spacial score (nSPS) is 22.7. The molecule has 0 bridgehead atoms. The van der Waals surface area contributed by atoms with E-state index in [0.29, 0.717) is 18.5 Å². The molecule has 1 aromatic carbocycles. The average molecular weight is 364 g/mol. The first-order valence-electron chi connectivity index (χ1n) is 9.71. The first kappa shape index (κ1) is 20.8. The van der Waals surface area contributed by atoms with E-state index in [4.69, 9.17) is 0 Å². The number of carbonyl (C=O) groups excluding carboxylic acids is 1. The third kappa shape index (κ3) is 5.78. The van der Waals surface area contributed by atoms with Crippen LogP contribution in [-0.4, -0.2) is 73.0 Å². The van der Waals surface area contributed by atoms with Crippen LogP contribution in [0.4, 0.5) is 4.39 Å². The Bertz CT molecular complexity index is 563. The molecule has 3 atom stereocenters. The monoisotopic (exact) mass is 363 g/mol. The predicted molar refractivity (Wildman–Crippen MR) is 105 cm³/mol. The molecule has 146 valence electrons. The molecular formula is C21H34FN3O. The minimum Gasteiger partial charge on any atom is -0.339 e. The van der Waals surface area contributed by atoms with Crippen LogP contribution in [0.25, 0.3) is 0 Å². The molecule has 26 heavy (non-hydrogen) atoms. The molecule has 1 fully saturated rings. The molecule has 1 saturated heterocycles. The van der Waals surface area contributed by atoms with E-state index in [1.165, 1.54) is 12.1 Å². The molecule has 0 aromatic heterocycles. The number of piperazine rings is 1. The third-order valence-electron chi connectivity index (χ3n) is 5.31. The van der Waals surface area contributed by atoms with Gasteiger partial charge in [0.05, 0.1) is 0 Å². The molecule has 1 aliphatic rings. The second-order valence-corrected chi connectivity index (χ2v) is 8.07. The standard InChI is InChI=1S/C21H34FN3O/c1-16(13-19-7-9-20(22)10-8-19)21(26)24-14-17(2)25(18(3)15-24)12-6-11-23(4)5/h7-10,16-18H,6,11-15H2,1-5H3. The SMILES string of the molecule is CC(Cc1ccc(F)cc1)C(=O)N1CC(C)N(CCCN(C)C)C(C)C1. The van der Waals surface area contributed by atoms with E-state index in [1.54, 1.807) is 12.1 Å². The Balaban J connectivity index is 1.89. The minimum absolute atomic E-state index is 0.0832. The second kappa shape index (κ2) is 9.47. The summed E-state index contributed by atoms with van der Waals surface area (Å²) in [5.74, 6) is -0.109. The van der Waals surface area contributed by atoms with Crippen molar-refractivity contribution in [2.45, 2.75) is 45.7 Å². The van der Waals surface area contributed by atoms with Gasteiger partial charge in [-0.25, -0.2) is 4.39 Å². The molecule has 0 aliphatic carbocycles. The lowest BCUT2D eigenvalue weighted by molar-refractivity contribution is -0.139. The Kier molecular flexibility index (Phi) is 7.59. The zero-order valence-corrected chi connectivity index (χ0v) is 16.9. The quantitative estimate of drug-likeness (QED) is 0.745. The van der Waals surface area contributed by atoms with E-state index in [-0.39, 0.29) is 17.6 Å². The first-order chi connectivity index (χ1) is 12.3. The second-order valence-electron chi connectivity index (χ2n) is 8.07. The number of hydrogen-bond donors (Lipinski definition) is 0. The van der Waals surface area contributed by atoms with Gasteiger partial charge >= 0.3 is 0 Å². The molecule has 4 nitrogen and oxygen atoms in total. The van der Waals surface area contributed by atoms with Crippen molar-refractivity contribution in [2.75, 3.05) is 40.3 Å². The van der Waals surface area contributed by atoms with Gasteiger partial charge in [0, 0.05) is 37.6 Å². The maximum atomic E-state index is 13.0. The maximum absolute atomic E-state index is 13.0. The molecular weight excluding hydrogens is 329 g/mol. The van der Waals surface area contributed by atoms with Crippen LogP contribution in [0.2, 0.25) is 0 Å². The van der Waals surface area contributed by atoms with Gasteiger partial charge in [0.15, 0.2) is 0 Å². The first-order valence-corrected chi connectivity index (χ1v) is 9.71. The van der Waals surface area contributed by atoms with Crippen LogP contribution in [0, 0.1) is 11.7 Å². The van der Waals surface area contributed by atoms with Gasteiger partial charge in [-0.05, 0) is 65.0 Å². The number of nitrogens with zero attached hydrogens (tertiary/aromatic N) is 3. The molecule has 1 aliphatic heterocycles. The van der Waals surface area contributed by atoms with Gasteiger partial charge in [-0.15, -0.1) is 0 Å². The molecule has 1 aromatic rings. The molecule has 3 unspecified atom stereocenters. The number of amides is 1. The molecule has 0 radical (unpaired) electrons. The molecule has 2 rings (SSSR count). The molecule has 1 amide bonds. The van der Waals surface area contributed by atoms with Gasteiger partial charge < -0.3 is 9.80 Å². The molecule has 0 spiro atoms. The summed E-state index contributed by atoms with van der Waals surface area (Å²) in [7, 11) is 4.21. The van der Waals surface area contributed by atoms with Crippen LogP contribution in [0.3, 0.4) is 0 Å². The number of halogens is 1. The van der Waals surface area contributed by atoms with Gasteiger partial charge in [-0.1, -0.05) is 19.1 Å². The minimum atomic E-state index is -0.235. The van der Waals surface area contributed by atoms with Gasteiger partial charge in [0.25, 0.3) is 0 Å². The lowest BCUT2D eigenvalue weighted by Gasteiger charge is -2.45. The van der Waals surface area contributed by atoms with E-state index in [0.717, 1.165) is 38.2 Å². The third-order valence-corrected chi connectivity index (χ3v) is 5.31. The molecule has 5 heteroatoms. The summed E-state index contributed by atoms with van der Waals surface area (Å²) in [5, 5.41) is 0. The highest BCUT2D eigenvalue weighted by molar-refractivity contribution is 5.79. The number of rotatable bonds is 7. The van der Waals surface area contributed by atoms with Crippen LogP contribution in [-0.2, 0) is 11.2 Å². The van der Waals surface area contributed by atoms with E-state index < -0.39 is 0 Å². The summed E-state index contributed by atoms with van der Waals surface area (Å²) in [6.07, 6.45) is 1.81. The summed E-state index contributed by atoms with van der Waals surface area (Å²) in [6, 6.07) is 7.22. The van der Waals surface area contributed by atoms with Crippen LogP contribution >= 0.6 is 0 Å². The average Bonchev–Trinajstić information content (AvgIpc) is 2.58. The molecule has 0 saturated carbocycles. The smallest absolute Gasteiger partial charge is 0.225 e. The van der Waals surface area contributed by atoms with Crippen molar-refractivity contribution >= 4 is 5.91 Å². The van der Waals surface area contributed by atoms with Crippen molar-refractivity contribution < 1.29 is 9.18 Å². The van der Waals surface area contributed by atoms with Crippen molar-refractivity contribution in [1.29, 1.82) is 0 Å². The van der Waals surface area contributed by atoms with Gasteiger partial charge in [-0.3, -0.25) is 9.69 Å². The van der Waals surface area contributed by atoms with Crippen LogP contribution < -0.4 is 0 Å². The largest absolute Gasteiger partial charge is 0.339 e. The fourth-order valence-electron chi connectivity index (χ4n) is 3.92. The zero-order chi connectivity index (χ0) is 19.3. The highest BCUT2D eigenvalue weighted by Gasteiger charge is 2.32. The zero-order valence-electron chi connectivity index (χ0n) is 16.9. The van der Waals surface area contributed by atoms with Gasteiger partial charge in [-0.2, -0.15) is 0 Å². The Hall–Kier alpha value is -1.46. The summed E-state index contributed by atoms with van der Waals surface area (Å²) >= 11 is 0. The van der Waals surface area contributed by atoms with Crippen LogP contribution in [0.1, 0.15) is 32.8 Å². The van der Waals surface area contributed by atoms with Crippen LogP contribution in [0.15, 0.2) is 24.3 Å². The predicted octanol–water partition coefficient (Wildman–Crippen LogP) is 2.88. The number of benzene rings is 1. The van der Waals surface area contributed by atoms with Crippen molar-refractivity contribution in [3.63, 3.8) is 0 Å². The topological polar surface area (TPSA) is 26.8 Å². The number of carbonyl (C=O) groups is 1. The summed E-state index contributed by atoms with van der Waals surface area (Å²) < 4.78 is 13.0. The number of hydrogen-bond acceptors (Lipinski definition) is 3. The van der Waals surface area contributed by atoms with E-state index >= 15 is 0 Å². The van der Waals surface area contributed by atoms with E-state index in [9.17, 15) is 9.18 Å². The fraction of sp³-hybridized carbons (Fsp3) is 0.667. The van der Waals surface area contributed by atoms with E-state index in [1.807, 2.05) is 11.8 Å². The Morgan fingerprint density at radius 1 is 1.19 bits per heavy atom. The van der Waals surface area contributed by atoms with E-state index in [2.05, 4.69) is 37.7 Å². The Labute approximate surface area is 158 Å².